The summed E-state index contributed by atoms with van der Waals surface area (Å²) in [4.78, 5) is 11.7. The number of hydrogen-bond acceptors (Lipinski definition) is 4. The number of carbonyl (C=O) groups excluding carboxylic acids is 1. The van der Waals surface area contributed by atoms with Crippen LogP contribution in [0.15, 0.2) is 12.1 Å². The summed E-state index contributed by atoms with van der Waals surface area (Å²) in [5.41, 5.74) is -0.544. The molecule has 0 spiro atoms. The van der Waals surface area contributed by atoms with Gasteiger partial charge in [-0.25, -0.2) is 21.6 Å². The quantitative estimate of drug-likeness (QED) is 0.805. The summed E-state index contributed by atoms with van der Waals surface area (Å²) < 4.78 is 69.5. The second-order valence-corrected chi connectivity index (χ2v) is 6.94. The van der Waals surface area contributed by atoms with Crippen LogP contribution in [0.2, 0.25) is 0 Å². The highest BCUT2D eigenvalue weighted by Crippen LogP contribution is 2.19. The van der Waals surface area contributed by atoms with Gasteiger partial charge in [0.2, 0.25) is 15.9 Å². The number of sulfonamides is 1. The van der Waals surface area contributed by atoms with E-state index < -0.39 is 51.2 Å². The van der Waals surface area contributed by atoms with E-state index in [4.69, 9.17) is 4.74 Å². The van der Waals surface area contributed by atoms with Gasteiger partial charge in [0.05, 0.1) is 24.7 Å². The zero-order valence-electron chi connectivity index (χ0n) is 12.0. The zero-order chi connectivity index (χ0) is 17.0. The molecule has 2 rings (SSSR count). The molecule has 1 saturated heterocycles. The monoisotopic (exact) mass is 352 g/mol. The van der Waals surface area contributed by atoms with Crippen LogP contribution in [-0.2, 0) is 19.6 Å². The number of anilines is 1. The van der Waals surface area contributed by atoms with Crippen LogP contribution in [0.3, 0.4) is 0 Å². The fourth-order valence-corrected chi connectivity index (χ4v) is 3.42. The number of ether oxygens (including phenoxy) is 1. The lowest BCUT2D eigenvalue weighted by Crippen LogP contribution is -2.42. The summed E-state index contributed by atoms with van der Waals surface area (Å²) in [7, 11) is -3.63. The van der Waals surface area contributed by atoms with Crippen molar-refractivity contribution in [2.24, 2.45) is 0 Å². The first-order valence-corrected chi connectivity index (χ1v) is 8.41. The van der Waals surface area contributed by atoms with Crippen molar-refractivity contribution in [3.8, 4) is 0 Å². The number of nitrogens with zero attached hydrogens (tertiary/aromatic N) is 1. The van der Waals surface area contributed by atoms with Crippen LogP contribution in [0.1, 0.15) is 6.42 Å². The highest BCUT2D eigenvalue weighted by molar-refractivity contribution is 7.89. The van der Waals surface area contributed by atoms with Gasteiger partial charge in [0, 0.05) is 19.5 Å². The number of rotatable bonds is 5. The molecule has 0 saturated carbocycles. The van der Waals surface area contributed by atoms with E-state index in [0.29, 0.717) is 6.07 Å². The molecule has 1 aliphatic heterocycles. The molecule has 0 unspecified atom stereocenters. The van der Waals surface area contributed by atoms with Gasteiger partial charge in [0.25, 0.3) is 0 Å². The maximum atomic E-state index is 13.4. The van der Waals surface area contributed by atoms with E-state index in [1.54, 1.807) is 0 Å². The highest BCUT2D eigenvalue weighted by Gasteiger charge is 2.25. The van der Waals surface area contributed by atoms with E-state index in [-0.39, 0.29) is 26.3 Å². The molecule has 0 aliphatic carbocycles. The molecule has 0 radical (unpaired) electrons. The molecule has 23 heavy (non-hydrogen) atoms. The molecule has 1 aliphatic rings. The minimum atomic E-state index is -3.63. The first-order valence-electron chi connectivity index (χ1n) is 6.80. The van der Waals surface area contributed by atoms with E-state index in [9.17, 15) is 26.4 Å². The molecule has 0 aromatic heterocycles. The smallest absolute Gasteiger partial charge is 0.225 e. The van der Waals surface area contributed by atoms with Crippen molar-refractivity contribution < 1.29 is 31.1 Å². The predicted octanol–water partition coefficient (Wildman–Crippen LogP) is 1.09. The maximum absolute atomic E-state index is 13.4. The molecule has 1 N–H and O–H groups in total. The molecular weight excluding hydrogens is 337 g/mol. The van der Waals surface area contributed by atoms with Crippen molar-refractivity contribution >= 4 is 21.6 Å². The fraction of sp³-hybridized carbons (Fsp3) is 0.462. The molecule has 1 amide bonds. The molecular formula is C13H15F3N2O4S. The lowest BCUT2D eigenvalue weighted by molar-refractivity contribution is -0.115. The minimum absolute atomic E-state index is 0.210. The van der Waals surface area contributed by atoms with Crippen LogP contribution < -0.4 is 5.32 Å². The Kier molecular flexibility index (Phi) is 5.60. The number of nitrogens with one attached hydrogen (secondary N) is 1. The highest BCUT2D eigenvalue weighted by atomic mass is 32.2. The van der Waals surface area contributed by atoms with Gasteiger partial charge in [-0.15, -0.1) is 0 Å². The summed E-state index contributed by atoms with van der Waals surface area (Å²) in [6.07, 6.45) is -0.432. The summed E-state index contributed by atoms with van der Waals surface area (Å²) in [5.74, 6) is -5.90. The minimum Gasteiger partial charge on any atom is -0.379 e. The van der Waals surface area contributed by atoms with Gasteiger partial charge in [0.15, 0.2) is 17.5 Å². The zero-order valence-corrected chi connectivity index (χ0v) is 12.8. The normalized spacial score (nSPS) is 16.3. The van der Waals surface area contributed by atoms with Crippen LogP contribution in [0.25, 0.3) is 0 Å². The molecule has 6 nitrogen and oxygen atoms in total. The topological polar surface area (TPSA) is 75.7 Å². The lowest BCUT2D eigenvalue weighted by Gasteiger charge is -2.25. The third-order valence-corrected chi connectivity index (χ3v) is 5.13. The summed E-state index contributed by atoms with van der Waals surface area (Å²) in [6, 6.07) is 1.53. The van der Waals surface area contributed by atoms with Gasteiger partial charge < -0.3 is 10.1 Å². The Hall–Kier alpha value is -1.65. The molecule has 10 heteroatoms. The average molecular weight is 352 g/mol. The van der Waals surface area contributed by atoms with Crippen LogP contribution in [0.5, 0.6) is 0 Å². The van der Waals surface area contributed by atoms with E-state index in [2.05, 4.69) is 0 Å². The average Bonchev–Trinajstić information content (AvgIpc) is 2.54. The van der Waals surface area contributed by atoms with Gasteiger partial charge >= 0.3 is 0 Å². The molecule has 128 valence electrons. The van der Waals surface area contributed by atoms with Gasteiger partial charge in [-0.05, 0) is 12.1 Å². The number of amides is 1. The van der Waals surface area contributed by atoms with Crippen molar-refractivity contribution in [3.05, 3.63) is 29.6 Å². The van der Waals surface area contributed by atoms with Crippen molar-refractivity contribution in [2.45, 2.75) is 6.42 Å². The van der Waals surface area contributed by atoms with Gasteiger partial charge in [-0.2, -0.15) is 4.31 Å². The predicted molar refractivity (Wildman–Crippen MR) is 75.7 cm³/mol. The van der Waals surface area contributed by atoms with Gasteiger partial charge in [0.1, 0.15) is 0 Å². The summed E-state index contributed by atoms with van der Waals surface area (Å²) in [6.45, 7) is 0.987. The summed E-state index contributed by atoms with van der Waals surface area (Å²) in [5, 5.41) is 2.03. The van der Waals surface area contributed by atoms with Gasteiger partial charge in [-0.3, -0.25) is 4.79 Å². The largest absolute Gasteiger partial charge is 0.379 e. The van der Waals surface area contributed by atoms with E-state index in [1.165, 1.54) is 4.31 Å². The fourth-order valence-electron chi connectivity index (χ4n) is 2.01. The van der Waals surface area contributed by atoms with Crippen LogP contribution >= 0.6 is 0 Å². The maximum Gasteiger partial charge on any atom is 0.225 e. The van der Waals surface area contributed by atoms with Crippen molar-refractivity contribution in [3.63, 3.8) is 0 Å². The second-order valence-electron chi connectivity index (χ2n) is 4.85. The standard InChI is InChI=1S/C13H15F3N2O4S/c14-9-1-2-10(13(16)12(9)15)17-11(19)3-8-23(20,21)18-4-6-22-7-5-18/h1-2H,3-8H2,(H,17,19). The number of carbonyl (C=O) groups is 1. The van der Waals surface area contributed by atoms with Crippen LogP contribution in [0.4, 0.5) is 18.9 Å². The Labute approximate surface area is 131 Å². The Morgan fingerprint density at radius 1 is 1.17 bits per heavy atom. The lowest BCUT2D eigenvalue weighted by atomic mass is 10.2. The number of benzene rings is 1. The first-order chi connectivity index (χ1) is 10.8. The molecule has 0 bridgehead atoms. The van der Waals surface area contributed by atoms with Crippen LogP contribution in [0, 0.1) is 17.5 Å². The Bertz CT molecular complexity index is 691. The summed E-state index contributed by atoms with van der Waals surface area (Å²) >= 11 is 0. The number of morpholine rings is 1. The Balaban J connectivity index is 1.94. The van der Waals surface area contributed by atoms with E-state index in [1.807, 2.05) is 5.32 Å². The Morgan fingerprint density at radius 2 is 1.83 bits per heavy atom. The first kappa shape index (κ1) is 17.7. The van der Waals surface area contributed by atoms with E-state index in [0.717, 1.165) is 6.07 Å². The van der Waals surface area contributed by atoms with Crippen molar-refractivity contribution in [1.82, 2.24) is 4.31 Å². The Morgan fingerprint density at radius 3 is 2.48 bits per heavy atom. The third-order valence-electron chi connectivity index (χ3n) is 3.26. The molecule has 1 heterocycles. The third kappa shape index (κ3) is 4.43. The van der Waals surface area contributed by atoms with Crippen LogP contribution in [-0.4, -0.2) is 50.7 Å². The number of halogens is 3. The van der Waals surface area contributed by atoms with E-state index >= 15 is 0 Å². The second kappa shape index (κ2) is 7.28. The SMILES string of the molecule is O=C(CCS(=O)(=O)N1CCOCC1)Nc1ccc(F)c(F)c1F. The molecule has 1 aromatic rings. The van der Waals surface area contributed by atoms with Crippen molar-refractivity contribution in [1.29, 1.82) is 0 Å². The molecule has 0 atom stereocenters. The number of hydrogen-bond donors (Lipinski definition) is 1. The molecule has 1 fully saturated rings. The van der Waals surface area contributed by atoms with Crippen molar-refractivity contribution in [2.75, 3.05) is 37.4 Å². The molecule has 1 aromatic carbocycles. The van der Waals surface area contributed by atoms with Gasteiger partial charge in [-0.1, -0.05) is 0 Å².